The highest BCUT2D eigenvalue weighted by molar-refractivity contribution is 6.12. The van der Waals surface area contributed by atoms with Crippen LogP contribution in [0.25, 0.3) is 66.1 Å². The van der Waals surface area contributed by atoms with Gasteiger partial charge in [0.05, 0.1) is 85.5 Å². The van der Waals surface area contributed by atoms with Crippen LogP contribution in [0.15, 0.2) is 115 Å². The molecule has 0 aliphatic rings. The van der Waals surface area contributed by atoms with Crippen molar-refractivity contribution in [3.05, 3.63) is 143 Å². The molecule has 8 aromatic rings. The molecular formula is C41H19F3N6. The van der Waals surface area contributed by atoms with Gasteiger partial charge in [0.1, 0.15) is 0 Å². The summed E-state index contributed by atoms with van der Waals surface area (Å²) in [5.41, 5.74) is 3.93. The predicted octanol–water partition coefficient (Wildman–Crippen LogP) is 10.1. The van der Waals surface area contributed by atoms with Gasteiger partial charge in [0.15, 0.2) is 0 Å². The number of alkyl halides is 3. The summed E-state index contributed by atoms with van der Waals surface area (Å²) in [4.78, 5) is 0. The van der Waals surface area contributed by atoms with Gasteiger partial charge in [-0.25, -0.2) is 0 Å². The van der Waals surface area contributed by atoms with Crippen molar-refractivity contribution < 1.29 is 13.2 Å². The summed E-state index contributed by atoms with van der Waals surface area (Å²) in [5, 5.41) is 42.9. The molecule has 6 aromatic carbocycles. The molecule has 9 heteroatoms. The SMILES string of the molecule is N#Cc1cc(-c2c(-n3c4ccccc4c4cc(C#N)ccc43)cc(C#N)cc2-n2c3ccccc3c3cc(C#N)ccc32)cc(C(F)(F)F)c1. The molecule has 0 saturated heterocycles. The third kappa shape index (κ3) is 4.54. The maximum atomic E-state index is 14.4. The fraction of sp³-hybridized carbons (Fsp3) is 0.0244. The van der Waals surface area contributed by atoms with E-state index in [9.17, 15) is 34.2 Å². The number of fused-ring (bicyclic) bond motifs is 6. The Morgan fingerprint density at radius 2 is 0.880 bits per heavy atom. The van der Waals surface area contributed by atoms with Crippen molar-refractivity contribution in [2.24, 2.45) is 0 Å². The molecule has 0 bridgehead atoms. The van der Waals surface area contributed by atoms with Crippen molar-refractivity contribution in [2.45, 2.75) is 6.18 Å². The maximum absolute atomic E-state index is 14.4. The molecular weight excluding hydrogens is 633 g/mol. The van der Waals surface area contributed by atoms with Crippen molar-refractivity contribution in [2.75, 3.05) is 0 Å². The lowest BCUT2D eigenvalue weighted by molar-refractivity contribution is -0.137. The summed E-state index contributed by atoms with van der Waals surface area (Å²) < 4.78 is 47.1. The first kappa shape index (κ1) is 30.0. The average Bonchev–Trinajstić information content (AvgIpc) is 3.65. The lowest BCUT2D eigenvalue weighted by Gasteiger charge is -2.21. The van der Waals surface area contributed by atoms with E-state index >= 15 is 0 Å². The summed E-state index contributed by atoms with van der Waals surface area (Å²) >= 11 is 0. The number of benzene rings is 6. The molecule has 6 nitrogen and oxygen atoms in total. The third-order valence-electron chi connectivity index (χ3n) is 8.99. The number of rotatable bonds is 3. The summed E-state index contributed by atoms with van der Waals surface area (Å²) in [5.74, 6) is 0. The molecule has 0 radical (unpaired) electrons. The second-order valence-electron chi connectivity index (χ2n) is 11.8. The second kappa shape index (κ2) is 11.1. The smallest absolute Gasteiger partial charge is 0.308 e. The Morgan fingerprint density at radius 3 is 1.34 bits per heavy atom. The van der Waals surface area contributed by atoms with E-state index in [4.69, 9.17) is 0 Å². The van der Waals surface area contributed by atoms with Gasteiger partial charge in [0.2, 0.25) is 0 Å². The van der Waals surface area contributed by atoms with Crippen LogP contribution < -0.4 is 0 Å². The number of halogens is 3. The zero-order valence-electron chi connectivity index (χ0n) is 25.8. The monoisotopic (exact) mass is 652 g/mol. The number of hydrogen-bond acceptors (Lipinski definition) is 4. The van der Waals surface area contributed by atoms with E-state index in [-0.39, 0.29) is 16.7 Å². The van der Waals surface area contributed by atoms with Gasteiger partial charge in [-0.15, -0.1) is 0 Å². The number of nitrogens with zero attached hydrogens (tertiary/aromatic N) is 6. The molecule has 0 saturated carbocycles. The summed E-state index contributed by atoms with van der Waals surface area (Å²) in [6, 6.07) is 40.5. The van der Waals surface area contributed by atoms with Crippen LogP contribution >= 0.6 is 0 Å². The van der Waals surface area contributed by atoms with E-state index < -0.39 is 11.7 Å². The zero-order chi connectivity index (χ0) is 34.7. The highest BCUT2D eigenvalue weighted by Crippen LogP contribution is 2.44. The van der Waals surface area contributed by atoms with Crippen molar-refractivity contribution >= 4 is 43.6 Å². The molecule has 0 spiro atoms. The molecule has 0 fully saturated rings. The quantitative estimate of drug-likeness (QED) is 0.189. The van der Waals surface area contributed by atoms with Gasteiger partial charge < -0.3 is 9.13 Å². The van der Waals surface area contributed by atoms with E-state index in [0.29, 0.717) is 50.1 Å². The standard InChI is InChI=1S/C41H19F3N6/c42-41(43,44)29-14-26(22-47)13-28(19-29)40-38(49-34-7-3-1-5-30(34)32-15-24(20-45)9-11-36(32)49)17-27(23-48)18-39(40)50-35-8-4-2-6-31(35)33-16-25(21-46)10-12-37(33)50/h1-19H. The molecule has 2 heterocycles. The van der Waals surface area contributed by atoms with Gasteiger partial charge in [0.25, 0.3) is 0 Å². The summed E-state index contributed by atoms with van der Waals surface area (Å²) in [7, 11) is 0. The fourth-order valence-electron chi connectivity index (χ4n) is 6.93. The van der Waals surface area contributed by atoms with Gasteiger partial charge in [-0.05, 0) is 84.4 Å². The van der Waals surface area contributed by atoms with Crippen LogP contribution in [0.2, 0.25) is 0 Å². The van der Waals surface area contributed by atoms with Gasteiger partial charge in [0, 0.05) is 27.1 Å². The van der Waals surface area contributed by atoms with Crippen molar-refractivity contribution in [3.63, 3.8) is 0 Å². The number of aromatic nitrogens is 2. The van der Waals surface area contributed by atoms with E-state index in [1.807, 2.05) is 63.7 Å². The van der Waals surface area contributed by atoms with Crippen LogP contribution in [0.3, 0.4) is 0 Å². The Kier molecular flexibility index (Phi) is 6.69. The molecule has 2 aromatic heterocycles. The highest BCUT2D eigenvalue weighted by Gasteiger charge is 2.32. The van der Waals surface area contributed by atoms with Gasteiger partial charge in [-0.1, -0.05) is 36.4 Å². The minimum Gasteiger partial charge on any atom is -0.308 e. The predicted molar refractivity (Wildman–Crippen MR) is 184 cm³/mol. The van der Waals surface area contributed by atoms with E-state index in [2.05, 4.69) is 18.2 Å². The Balaban J connectivity index is 1.62. The van der Waals surface area contributed by atoms with Gasteiger partial charge in [-0.2, -0.15) is 34.2 Å². The van der Waals surface area contributed by atoms with Crippen LogP contribution in [0, 0.1) is 45.3 Å². The molecule has 0 unspecified atom stereocenters. The van der Waals surface area contributed by atoms with Crippen LogP contribution in [-0.2, 0) is 6.18 Å². The number of hydrogen-bond donors (Lipinski definition) is 0. The van der Waals surface area contributed by atoms with Crippen LogP contribution in [0.5, 0.6) is 0 Å². The van der Waals surface area contributed by atoms with Crippen LogP contribution in [0.4, 0.5) is 13.2 Å². The molecule has 0 amide bonds. The number of nitriles is 4. The number of para-hydroxylation sites is 2. The first-order chi connectivity index (χ1) is 24.2. The van der Waals surface area contributed by atoms with Crippen molar-refractivity contribution in [3.8, 4) is 46.8 Å². The molecule has 0 aliphatic carbocycles. The lowest BCUT2D eigenvalue weighted by Crippen LogP contribution is -2.08. The summed E-state index contributed by atoms with van der Waals surface area (Å²) in [6.45, 7) is 0. The fourth-order valence-corrected chi connectivity index (χ4v) is 6.93. The zero-order valence-corrected chi connectivity index (χ0v) is 25.8. The molecule has 0 atom stereocenters. The van der Waals surface area contributed by atoms with E-state index in [1.165, 1.54) is 6.07 Å². The Morgan fingerprint density at radius 1 is 0.440 bits per heavy atom. The molecule has 50 heavy (non-hydrogen) atoms. The average molecular weight is 653 g/mol. The van der Waals surface area contributed by atoms with Gasteiger partial charge >= 0.3 is 6.18 Å². The largest absolute Gasteiger partial charge is 0.416 e. The molecule has 0 N–H and O–H groups in total. The highest BCUT2D eigenvalue weighted by atomic mass is 19.4. The first-order valence-electron chi connectivity index (χ1n) is 15.3. The minimum absolute atomic E-state index is 0.116. The normalized spacial score (nSPS) is 11.4. The maximum Gasteiger partial charge on any atom is 0.416 e. The Hall–Kier alpha value is -7.33. The lowest BCUT2D eigenvalue weighted by atomic mass is 9.94. The molecule has 234 valence electrons. The van der Waals surface area contributed by atoms with E-state index in [0.717, 1.165) is 33.7 Å². The van der Waals surface area contributed by atoms with E-state index in [1.54, 1.807) is 48.5 Å². The second-order valence-corrected chi connectivity index (χ2v) is 11.8. The van der Waals surface area contributed by atoms with Crippen molar-refractivity contribution in [1.82, 2.24) is 9.13 Å². The van der Waals surface area contributed by atoms with Crippen LogP contribution in [0.1, 0.15) is 27.8 Å². The Bertz CT molecular complexity index is 2760. The molecule has 0 aliphatic heterocycles. The Labute approximate surface area is 282 Å². The minimum atomic E-state index is -4.75. The summed E-state index contributed by atoms with van der Waals surface area (Å²) in [6.07, 6.45) is -4.75. The first-order valence-corrected chi connectivity index (χ1v) is 15.3. The van der Waals surface area contributed by atoms with Gasteiger partial charge in [-0.3, -0.25) is 0 Å². The van der Waals surface area contributed by atoms with Crippen molar-refractivity contribution in [1.29, 1.82) is 21.0 Å². The van der Waals surface area contributed by atoms with Crippen LogP contribution in [-0.4, -0.2) is 9.13 Å². The molecule has 8 rings (SSSR count). The third-order valence-corrected chi connectivity index (χ3v) is 8.99. The topological polar surface area (TPSA) is 105 Å².